The van der Waals surface area contributed by atoms with E-state index in [4.69, 9.17) is 4.98 Å². The lowest BCUT2D eigenvalue weighted by Crippen LogP contribution is -2.42. The summed E-state index contributed by atoms with van der Waals surface area (Å²) in [7, 11) is 0. The van der Waals surface area contributed by atoms with Crippen molar-refractivity contribution < 1.29 is 14.0 Å². The summed E-state index contributed by atoms with van der Waals surface area (Å²) in [6, 6.07) is 23.4. The Bertz CT molecular complexity index is 1360. The van der Waals surface area contributed by atoms with Gasteiger partial charge in [0.25, 0.3) is 5.91 Å². The molecule has 1 fully saturated rings. The van der Waals surface area contributed by atoms with Gasteiger partial charge in [-0.1, -0.05) is 61.7 Å². The normalized spacial score (nSPS) is 14.0. The van der Waals surface area contributed by atoms with Gasteiger partial charge in [0, 0.05) is 18.2 Å². The van der Waals surface area contributed by atoms with Crippen molar-refractivity contribution in [1.29, 1.82) is 0 Å². The van der Waals surface area contributed by atoms with Crippen molar-refractivity contribution in [2.75, 3.05) is 0 Å². The Morgan fingerprint density at radius 3 is 2.38 bits per heavy atom. The number of para-hydroxylation sites is 2. The summed E-state index contributed by atoms with van der Waals surface area (Å²) < 4.78 is 15.2. The number of carbonyl (C=O) groups excluding carboxylic acids is 2. The molecule has 0 aliphatic heterocycles. The van der Waals surface area contributed by atoms with E-state index in [0.29, 0.717) is 17.9 Å². The van der Waals surface area contributed by atoms with Gasteiger partial charge in [0.2, 0.25) is 5.91 Å². The molecule has 3 aromatic carbocycles. The third-order valence-corrected chi connectivity index (χ3v) is 7.07. The second kappa shape index (κ2) is 11.4. The lowest BCUT2D eigenvalue weighted by Gasteiger charge is -2.35. The lowest BCUT2D eigenvalue weighted by molar-refractivity contribution is -0.135. The van der Waals surface area contributed by atoms with Gasteiger partial charge in [0.1, 0.15) is 18.2 Å². The topological polar surface area (TPSA) is 67.2 Å². The van der Waals surface area contributed by atoms with E-state index in [2.05, 4.69) is 17.4 Å². The van der Waals surface area contributed by atoms with Crippen LogP contribution in [0.1, 0.15) is 53.8 Å². The van der Waals surface area contributed by atoms with Crippen LogP contribution in [-0.2, 0) is 24.4 Å². The molecule has 1 aromatic heterocycles. The molecule has 0 radical (unpaired) electrons. The number of nitrogens with one attached hydrogen (secondary N) is 1. The third-order valence-electron chi connectivity index (χ3n) is 7.07. The molecule has 2 amide bonds. The van der Waals surface area contributed by atoms with Crippen LogP contribution in [-0.4, -0.2) is 32.3 Å². The quantitative estimate of drug-likeness (QED) is 0.350. The lowest BCUT2D eigenvalue weighted by atomic mass is 9.93. The highest BCUT2D eigenvalue weighted by atomic mass is 19.1. The van der Waals surface area contributed by atoms with E-state index in [1.165, 1.54) is 30.7 Å². The fraction of sp³-hybridized carbons (Fsp3) is 0.300. The molecule has 1 saturated carbocycles. The maximum absolute atomic E-state index is 13.9. The number of halogens is 1. The third kappa shape index (κ3) is 5.88. The molecule has 6 nitrogen and oxygen atoms in total. The molecule has 5 rings (SSSR count). The molecule has 0 atom stereocenters. The van der Waals surface area contributed by atoms with Crippen molar-refractivity contribution in [2.45, 2.75) is 57.8 Å². The van der Waals surface area contributed by atoms with Crippen LogP contribution in [0.3, 0.4) is 0 Å². The smallest absolute Gasteiger partial charge is 0.251 e. The van der Waals surface area contributed by atoms with Crippen LogP contribution in [0.15, 0.2) is 78.9 Å². The van der Waals surface area contributed by atoms with Crippen molar-refractivity contribution >= 4 is 22.8 Å². The van der Waals surface area contributed by atoms with Crippen molar-refractivity contribution in [3.8, 4) is 0 Å². The zero-order valence-electron chi connectivity index (χ0n) is 20.8. The van der Waals surface area contributed by atoms with E-state index in [-0.39, 0.29) is 30.9 Å². The summed E-state index contributed by atoms with van der Waals surface area (Å²) in [4.78, 5) is 33.3. The maximum atomic E-state index is 13.9. The Morgan fingerprint density at radius 2 is 1.62 bits per heavy atom. The van der Waals surface area contributed by atoms with E-state index in [0.717, 1.165) is 42.3 Å². The summed E-state index contributed by atoms with van der Waals surface area (Å²) >= 11 is 0. The minimum absolute atomic E-state index is 0.0463. The average molecular weight is 499 g/mol. The highest BCUT2D eigenvalue weighted by molar-refractivity contribution is 5.94. The number of hydrogen-bond acceptors (Lipinski definition) is 3. The molecule has 0 unspecified atom stereocenters. The zero-order chi connectivity index (χ0) is 25.6. The average Bonchev–Trinajstić information content (AvgIpc) is 3.29. The molecule has 0 spiro atoms. The van der Waals surface area contributed by atoms with Crippen LogP contribution in [0.25, 0.3) is 11.0 Å². The van der Waals surface area contributed by atoms with Crippen LogP contribution in [0.2, 0.25) is 0 Å². The Labute approximate surface area is 216 Å². The fourth-order valence-corrected chi connectivity index (χ4v) is 5.12. The van der Waals surface area contributed by atoms with E-state index >= 15 is 0 Å². The molecular formula is C30H31FN4O2. The summed E-state index contributed by atoms with van der Waals surface area (Å²) in [5.41, 5.74) is 3.11. The van der Waals surface area contributed by atoms with Gasteiger partial charge in [-0.15, -0.1) is 0 Å². The Hall–Kier alpha value is -4.00. The van der Waals surface area contributed by atoms with Crippen LogP contribution >= 0.6 is 0 Å². The highest BCUT2D eigenvalue weighted by Crippen LogP contribution is 2.25. The van der Waals surface area contributed by atoms with Gasteiger partial charge >= 0.3 is 0 Å². The number of fused-ring (bicyclic) bond motifs is 1. The second-order valence-electron chi connectivity index (χ2n) is 9.59. The molecule has 37 heavy (non-hydrogen) atoms. The van der Waals surface area contributed by atoms with Gasteiger partial charge in [-0.05, 0) is 54.8 Å². The van der Waals surface area contributed by atoms with Crippen LogP contribution in [0, 0.1) is 5.82 Å². The number of rotatable bonds is 8. The van der Waals surface area contributed by atoms with Crippen LogP contribution in [0.5, 0.6) is 0 Å². The number of benzene rings is 3. The van der Waals surface area contributed by atoms with E-state index in [1.807, 2.05) is 51.9 Å². The van der Waals surface area contributed by atoms with Crippen molar-refractivity contribution in [3.63, 3.8) is 0 Å². The summed E-state index contributed by atoms with van der Waals surface area (Å²) in [6.07, 6.45) is 5.53. The van der Waals surface area contributed by atoms with E-state index < -0.39 is 5.82 Å². The summed E-state index contributed by atoms with van der Waals surface area (Å²) in [5.74, 6) is -0.0638. The fourth-order valence-electron chi connectivity index (χ4n) is 5.12. The predicted octanol–water partition coefficient (Wildman–Crippen LogP) is 5.47. The molecule has 0 saturated heterocycles. The van der Waals surface area contributed by atoms with Crippen molar-refractivity contribution in [2.24, 2.45) is 0 Å². The minimum atomic E-state index is -0.394. The standard InChI is InChI=1S/C30H31FN4O2/c31-24-17-15-23(16-18-24)30(37)32-19-28-33-26-13-7-8-14-27(26)35(28)21-29(36)34(25-11-5-2-6-12-25)20-22-9-3-1-4-10-22/h1,3-4,7-10,13-18,25H,2,5-6,11-12,19-21H2,(H,32,37). The minimum Gasteiger partial charge on any atom is -0.345 e. The van der Waals surface area contributed by atoms with Crippen LogP contribution in [0.4, 0.5) is 4.39 Å². The predicted molar refractivity (Wildman–Crippen MR) is 141 cm³/mol. The molecule has 190 valence electrons. The monoisotopic (exact) mass is 498 g/mol. The molecule has 7 heteroatoms. The summed E-state index contributed by atoms with van der Waals surface area (Å²) in [6.45, 7) is 0.874. The molecule has 1 aliphatic carbocycles. The second-order valence-corrected chi connectivity index (χ2v) is 9.59. The SMILES string of the molecule is O=C(NCc1nc2ccccc2n1CC(=O)N(Cc1ccccc1)C1CCCCC1)c1ccc(F)cc1. The van der Waals surface area contributed by atoms with Gasteiger partial charge in [-0.3, -0.25) is 9.59 Å². The van der Waals surface area contributed by atoms with Gasteiger partial charge in [0.15, 0.2) is 0 Å². The first-order valence-electron chi connectivity index (χ1n) is 12.9. The number of nitrogens with zero attached hydrogens (tertiary/aromatic N) is 3. The van der Waals surface area contributed by atoms with Crippen molar-refractivity contribution in [1.82, 2.24) is 19.8 Å². The molecule has 1 heterocycles. The van der Waals surface area contributed by atoms with Crippen LogP contribution < -0.4 is 5.32 Å². The largest absolute Gasteiger partial charge is 0.345 e. The number of imidazole rings is 1. The molecule has 4 aromatic rings. The van der Waals surface area contributed by atoms with E-state index in [9.17, 15) is 14.0 Å². The number of amides is 2. The first kappa shape index (κ1) is 24.7. The van der Waals surface area contributed by atoms with E-state index in [1.54, 1.807) is 0 Å². The molecule has 1 N–H and O–H groups in total. The molecule has 1 aliphatic rings. The van der Waals surface area contributed by atoms with Crippen molar-refractivity contribution in [3.05, 3.63) is 102 Å². The first-order valence-corrected chi connectivity index (χ1v) is 12.9. The van der Waals surface area contributed by atoms with Gasteiger partial charge in [-0.25, -0.2) is 9.37 Å². The molecular weight excluding hydrogens is 467 g/mol. The number of hydrogen-bond donors (Lipinski definition) is 1. The van der Waals surface area contributed by atoms with Gasteiger partial charge in [0.05, 0.1) is 17.6 Å². The van der Waals surface area contributed by atoms with Gasteiger partial charge < -0.3 is 14.8 Å². The Morgan fingerprint density at radius 1 is 0.919 bits per heavy atom. The number of carbonyl (C=O) groups is 2. The Kier molecular flexibility index (Phi) is 7.59. The highest BCUT2D eigenvalue weighted by Gasteiger charge is 2.27. The Balaban J connectivity index is 1.39. The maximum Gasteiger partial charge on any atom is 0.251 e. The molecule has 0 bridgehead atoms. The van der Waals surface area contributed by atoms with Gasteiger partial charge in [-0.2, -0.15) is 0 Å². The summed E-state index contributed by atoms with van der Waals surface area (Å²) in [5, 5.41) is 2.87. The first-order chi connectivity index (χ1) is 18.1. The zero-order valence-corrected chi connectivity index (χ0v) is 20.8. The number of aromatic nitrogens is 2.